The fourth-order valence-electron chi connectivity index (χ4n) is 4.97. The van der Waals surface area contributed by atoms with Crippen molar-refractivity contribution in [2.75, 3.05) is 13.1 Å². The summed E-state index contributed by atoms with van der Waals surface area (Å²) in [4.78, 5) is 40.4. The van der Waals surface area contributed by atoms with Gasteiger partial charge in [-0.3, -0.25) is 9.59 Å². The summed E-state index contributed by atoms with van der Waals surface area (Å²) in [5.41, 5.74) is 2.41. The number of rotatable bonds is 0. The van der Waals surface area contributed by atoms with E-state index < -0.39 is 5.60 Å². The summed E-state index contributed by atoms with van der Waals surface area (Å²) in [6, 6.07) is 0. The third-order valence-electron chi connectivity index (χ3n) is 6.15. The van der Waals surface area contributed by atoms with Crippen LogP contribution < -0.4 is 0 Å². The zero-order chi connectivity index (χ0) is 18.6. The highest BCUT2D eigenvalue weighted by Gasteiger charge is 2.46. The van der Waals surface area contributed by atoms with E-state index in [1.807, 2.05) is 20.8 Å². The predicted molar refractivity (Wildman–Crippen MR) is 96.6 cm³/mol. The van der Waals surface area contributed by atoms with Gasteiger partial charge in [0, 0.05) is 35.4 Å². The lowest BCUT2D eigenvalue weighted by molar-refractivity contribution is -0.118. The Bertz CT molecular complexity index is 696. The van der Waals surface area contributed by atoms with E-state index in [1.54, 1.807) is 4.90 Å². The lowest BCUT2D eigenvalue weighted by atomic mass is 9.61. The highest BCUT2D eigenvalue weighted by atomic mass is 16.6. The Morgan fingerprint density at radius 2 is 1.31 bits per heavy atom. The number of Topliss-reactive ketones (excluding diaryl/α,β-unsaturated/α-hetero) is 2. The molecule has 0 aromatic heterocycles. The third kappa shape index (κ3) is 2.81. The Morgan fingerprint density at radius 3 is 1.69 bits per heavy atom. The first-order chi connectivity index (χ1) is 12.3. The molecule has 0 radical (unpaired) electrons. The zero-order valence-electron chi connectivity index (χ0n) is 15.9. The van der Waals surface area contributed by atoms with Crippen molar-refractivity contribution < 1.29 is 19.1 Å². The Hall–Kier alpha value is -1.91. The summed E-state index contributed by atoms with van der Waals surface area (Å²) < 4.78 is 5.47. The summed E-state index contributed by atoms with van der Waals surface area (Å²) >= 11 is 0. The molecule has 5 nitrogen and oxygen atoms in total. The number of allylic oxidation sites excluding steroid dienone is 2. The van der Waals surface area contributed by atoms with Gasteiger partial charge in [0.15, 0.2) is 11.6 Å². The molecule has 140 valence electrons. The Kier molecular flexibility index (Phi) is 4.08. The van der Waals surface area contributed by atoms with Crippen LogP contribution >= 0.6 is 0 Å². The van der Waals surface area contributed by atoms with E-state index in [2.05, 4.69) is 0 Å². The van der Waals surface area contributed by atoms with Crippen LogP contribution in [0.5, 0.6) is 0 Å². The van der Waals surface area contributed by atoms with Crippen molar-refractivity contribution in [2.24, 2.45) is 11.8 Å². The number of carbonyl (C=O) groups is 3. The van der Waals surface area contributed by atoms with Gasteiger partial charge in [0.25, 0.3) is 0 Å². The lowest BCUT2D eigenvalue weighted by Gasteiger charge is -2.41. The molecule has 1 amide bonds. The maximum Gasteiger partial charge on any atom is 0.410 e. The second-order valence-corrected chi connectivity index (χ2v) is 8.96. The molecule has 5 rings (SSSR count). The van der Waals surface area contributed by atoms with Crippen LogP contribution in [0.1, 0.15) is 59.3 Å². The number of hydrogen-bond acceptors (Lipinski definition) is 4. The number of amides is 1. The Balaban J connectivity index is 1.57. The second kappa shape index (κ2) is 6.07. The molecule has 2 bridgehead atoms. The largest absolute Gasteiger partial charge is 0.444 e. The first-order valence-electron chi connectivity index (χ1n) is 9.79. The maximum absolute atomic E-state index is 13.2. The molecule has 0 aromatic carbocycles. The molecular weight excluding hydrogens is 330 g/mol. The summed E-state index contributed by atoms with van der Waals surface area (Å²) in [5.74, 6) is 0.724. The molecule has 0 spiro atoms. The van der Waals surface area contributed by atoms with Crippen molar-refractivity contribution in [2.45, 2.75) is 64.9 Å². The number of fused-ring (bicyclic) bond motifs is 2. The molecule has 1 aliphatic heterocycles. The van der Waals surface area contributed by atoms with Crippen molar-refractivity contribution in [3.8, 4) is 0 Å². The topological polar surface area (TPSA) is 63.7 Å². The van der Waals surface area contributed by atoms with Gasteiger partial charge >= 0.3 is 6.09 Å². The van der Waals surface area contributed by atoms with E-state index in [9.17, 15) is 14.4 Å². The van der Waals surface area contributed by atoms with Crippen molar-refractivity contribution >= 4 is 17.7 Å². The molecule has 0 unspecified atom stereocenters. The van der Waals surface area contributed by atoms with Crippen LogP contribution in [0.4, 0.5) is 4.79 Å². The minimum atomic E-state index is -0.554. The van der Waals surface area contributed by atoms with Gasteiger partial charge in [0.05, 0.1) is 0 Å². The molecule has 4 aliphatic carbocycles. The van der Waals surface area contributed by atoms with Gasteiger partial charge in [0.2, 0.25) is 0 Å². The van der Waals surface area contributed by atoms with E-state index >= 15 is 0 Å². The second-order valence-electron chi connectivity index (χ2n) is 8.96. The first kappa shape index (κ1) is 17.5. The van der Waals surface area contributed by atoms with Crippen molar-refractivity contribution in [3.05, 3.63) is 22.3 Å². The first-order valence-corrected chi connectivity index (χ1v) is 9.79. The minimum absolute atomic E-state index is 0.0926. The molecule has 0 aromatic rings. The zero-order valence-corrected chi connectivity index (χ0v) is 15.9. The number of ether oxygens (including phenoxy) is 1. The van der Waals surface area contributed by atoms with Gasteiger partial charge in [-0.1, -0.05) is 0 Å². The monoisotopic (exact) mass is 357 g/mol. The van der Waals surface area contributed by atoms with Gasteiger partial charge < -0.3 is 9.64 Å². The number of ketones is 2. The van der Waals surface area contributed by atoms with Crippen molar-refractivity contribution in [3.63, 3.8) is 0 Å². The van der Waals surface area contributed by atoms with Gasteiger partial charge in [-0.25, -0.2) is 4.79 Å². The highest BCUT2D eigenvalue weighted by Crippen LogP contribution is 2.50. The quantitative estimate of drug-likeness (QED) is 0.622. The van der Waals surface area contributed by atoms with Crippen LogP contribution in [-0.4, -0.2) is 41.3 Å². The normalized spacial score (nSPS) is 28.8. The molecule has 1 saturated carbocycles. The average Bonchev–Trinajstić information content (AvgIpc) is 2.82. The molecule has 5 heteroatoms. The van der Waals surface area contributed by atoms with E-state index in [1.165, 1.54) is 0 Å². The fraction of sp³-hybridized carbons (Fsp3) is 0.667. The van der Waals surface area contributed by atoms with Crippen molar-refractivity contribution in [1.29, 1.82) is 0 Å². The molecule has 0 saturated heterocycles. The summed E-state index contributed by atoms with van der Waals surface area (Å²) in [5, 5.41) is 0. The van der Waals surface area contributed by atoms with Crippen LogP contribution in [0.25, 0.3) is 0 Å². The van der Waals surface area contributed by atoms with Crippen LogP contribution in [-0.2, 0) is 14.3 Å². The molecule has 5 aliphatic rings. The fourth-order valence-corrected chi connectivity index (χ4v) is 4.97. The highest BCUT2D eigenvalue weighted by molar-refractivity contribution is 6.26. The van der Waals surface area contributed by atoms with Crippen LogP contribution in [0.2, 0.25) is 0 Å². The summed E-state index contributed by atoms with van der Waals surface area (Å²) in [6.45, 7) is 6.39. The molecule has 0 N–H and O–H groups in total. The Morgan fingerprint density at radius 1 is 0.885 bits per heavy atom. The maximum atomic E-state index is 13.2. The summed E-state index contributed by atoms with van der Waals surface area (Å²) in [6.07, 6.45) is 4.69. The Labute approximate surface area is 154 Å². The van der Waals surface area contributed by atoms with E-state index in [4.69, 9.17) is 4.74 Å². The van der Waals surface area contributed by atoms with Crippen molar-refractivity contribution in [1.82, 2.24) is 4.90 Å². The van der Waals surface area contributed by atoms with Crippen LogP contribution in [0.15, 0.2) is 22.3 Å². The number of carbonyl (C=O) groups excluding carboxylic acids is 3. The molecule has 26 heavy (non-hydrogen) atoms. The molecule has 0 atom stereocenters. The molecule has 1 heterocycles. The summed E-state index contributed by atoms with van der Waals surface area (Å²) in [7, 11) is 0. The number of hydrogen-bond donors (Lipinski definition) is 0. The predicted octanol–water partition coefficient (Wildman–Crippen LogP) is 3.58. The lowest BCUT2D eigenvalue weighted by Crippen LogP contribution is -2.38. The SMILES string of the molecule is CC(C)(C)OC(=O)N1CCC2=C(CC1)C(=O)C1=C(C2=O)C2CCC1CC2. The van der Waals surface area contributed by atoms with Crippen LogP contribution in [0, 0.1) is 11.8 Å². The van der Waals surface area contributed by atoms with Crippen LogP contribution in [0.3, 0.4) is 0 Å². The van der Waals surface area contributed by atoms with E-state index in [-0.39, 0.29) is 29.5 Å². The minimum Gasteiger partial charge on any atom is -0.444 e. The molecular formula is C21H27NO4. The standard InChI is InChI=1S/C21H27NO4/c1-21(2,3)26-20(25)22-10-8-14-15(9-11-22)19(24)17-13-5-4-12(6-7-13)16(17)18(14)23/h12-13H,4-11H2,1-3H3. The molecule has 1 fully saturated rings. The average molecular weight is 357 g/mol. The van der Waals surface area contributed by atoms with Gasteiger partial charge in [0.1, 0.15) is 5.60 Å². The smallest absolute Gasteiger partial charge is 0.410 e. The van der Waals surface area contributed by atoms with E-state index in [0.717, 1.165) is 36.8 Å². The van der Waals surface area contributed by atoms with E-state index in [0.29, 0.717) is 37.1 Å². The number of nitrogens with zero attached hydrogens (tertiary/aromatic N) is 1. The van der Waals surface area contributed by atoms with Gasteiger partial charge in [-0.2, -0.15) is 0 Å². The van der Waals surface area contributed by atoms with Gasteiger partial charge in [-0.05, 0) is 71.1 Å². The van der Waals surface area contributed by atoms with Gasteiger partial charge in [-0.15, -0.1) is 0 Å². The third-order valence-corrected chi connectivity index (χ3v) is 6.15.